The first-order chi connectivity index (χ1) is 7.90. The second kappa shape index (κ2) is 4.87. The largest absolute Gasteiger partial charge is 0.312 e. The van der Waals surface area contributed by atoms with Gasteiger partial charge in [-0.1, -0.05) is 0 Å². The SMILES string of the molecule is CN1C2CCC1CC(NCC(C)(C)N(C)C)C2. The van der Waals surface area contributed by atoms with Gasteiger partial charge in [-0.3, -0.25) is 0 Å². The van der Waals surface area contributed by atoms with Crippen molar-refractivity contribution in [2.75, 3.05) is 27.7 Å². The molecule has 0 aromatic carbocycles. The van der Waals surface area contributed by atoms with E-state index >= 15 is 0 Å². The summed E-state index contributed by atoms with van der Waals surface area (Å²) in [5.74, 6) is 0. The van der Waals surface area contributed by atoms with E-state index < -0.39 is 0 Å². The normalized spacial score (nSPS) is 34.6. The first-order valence-electron chi connectivity index (χ1n) is 7.03. The molecule has 3 heteroatoms. The predicted molar refractivity (Wildman–Crippen MR) is 73.4 cm³/mol. The highest BCUT2D eigenvalue weighted by Crippen LogP contribution is 2.34. The van der Waals surface area contributed by atoms with E-state index in [1.54, 1.807) is 0 Å². The van der Waals surface area contributed by atoms with Gasteiger partial charge in [0, 0.05) is 30.2 Å². The van der Waals surface area contributed by atoms with Crippen LogP contribution in [-0.4, -0.2) is 61.2 Å². The Labute approximate surface area is 107 Å². The Balaban J connectivity index is 1.82. The lowest BCUT2D eigenvalue weighted by molar-refractivity contribution is 0.130. The highest BCUT2D eigenvalue weighted by Gasteiger charge is 2.38. The molecule has 2 bridgehead atoms. The number of hydrogen-bond acceptors (Lipinski definition) is 3. The maximum atomic E-state index is 3.80. The van der Waals surface area contributed by atoms with Crippen LogP contribution in [0.25, 0.3) is 0 Å². The number of likely N-dealkylation sites (N-methyl/N-ethyl adjacent to an activating group) is 1. The lowest BCUT2D eigenvalue weighted by Gasteiger charge is -2.39. The second-order valence-corrected chi connectivity index (χ2v) is 6.81. The second-order valence-electron chi connectivity index (χ2n) is 6.81. The fourth-order valence-corrected chi connectivity index (χ4v) is 3.13. The van der Waals surface area contributed by atoms with E-state index in [0.29, 0.717) is 0 Å². The summed E-state index contributed by atoms with van der Waals surface area (Å²) >= 11 is 0. The summed E-state index contributed by atoms with van der Waals surface area (Å²) in [5.41, 5.74) is 0.252. The van der Waals surface area contributed by atoms with E-state index in [0.717, 1.165) is 24.7 Å². The van der Waals surface area contributed by atoms with Crippen LogP contribution in [0.1, 0.15) is 39.5 Å². The molecule has 2 saturated heterocycles. The Morgan fingerprint density at radius 2 is 1.71 bits per heavy atom. The number of nitrogens with one attached hydrogen (secondary N) is 1. The maximum Gasteiger partial charge on any atom is 0.0271 e. The van der Waals surface area contributed by atoms with Crippen LogP contribution in [0.2, 0.25) is 0 Å². The zero-order valence-electron chi connectivity index (χ0n) is 12.2. The van der Waals surface area contributed by atoms with Gasteiger partial charge in [0.15, 0.2) is 0 Å². The molecule has 3 nitrogen and oxygen atoms in total. The third kappa shape index (κ3) is 2.83. The van der Waals surface area contributed by atoms with Crippen molar-refractivity contribution < 1.29 is 0 Å². The third-order valence-electron chi connectivity index (χ3n) is 5.13. The van der Waals surface area contributed by atoms with Crippen LogP contribution in [0.4, 0.5) is 0 Å². The van der Waals surface area contributed by atoms with Crippen LogP contribution in [0.5, 0.6) is 0 Å². The topological polar surface area (TPSA) is 18.5 Å². The number of nitrogens with zero attached hydrogens (tertiary/aromatic N) is 2. The molecular formula is C14H29N3. The van der Waals surface area contributed by atoms with E-state index in [2.05, 4.69) is 50.1 Å². The highest BCUT2D eigenvalue weighted by atomic mass is 15.2. The minimum absolute atomic E-state index is 0.252. The highest BCUT2D eigenvalue weighted by molar-refractivity contribution is 4.96. The zero-order chi connectivity index (χ0) is 12.6. The van der Waals surface area contributed by atoms with Crippen molar-refractivity contribution in [1.29, 1.82) is 0 Å². The lowest BCUT2D eigenvalue weighted by Crippen LogP contribution is -2.53. The molecule has 2 aliphatic heterocycles. The summed E-state index contributed by atoms with van der Waals surface area (Å²) in [6.45, 7) is 5.71. The fourth-order valence-electron chi connectivity index (χ4n) is 3.13. The first kappa shape index (κ1) is 13.3. The molecule has 2 heterocycles. The molecule has 1 N–H and O–H groups in total. The van der Waals surface area contributed by atoms with Crippen LogP contribution >= 0.6 is 0 Å². The lowest BCUT2D eigenvalue weighted by atomic mass is 9.96. The van der Waals surface area contributed by atoms with Gasteiger partial charge in [-0.15, -0.1) is 0 Å². The summed E-state index contributed by atoms with van der Waals surface area (Å²) in [6.07, 6.45) is 5.51. The van der Waals surface area contributed by atoms with Gasteiger partial charge < -0.3 is 15.1 Å². The molecule has 17 heavy (non-hydrogen) atoms. The van der Waals surface area contributed by atoms with Crippen LogP contribution in [-0.2, 0) is 0 Å². The Bertz CT molecular complexity index is 248. The van der Waals surface area contributed by atoms with Crippen molar-refractivity contribution in [2.45, 2.75) is 63.2 Å². The molecular weight excluding hydrogens is 210 g/mol. The molecule has 2 aliphatic rings. The van der Waals surface area contributed by atoms with E-state index in [9.17, 15) is 0 Å². The summed E-state index contributed by atoms with van der Waals surface area (Å²) in [5, 5.41) is 3.80. The number of fused-ring (bicyclic) bond motifs is 2. The van der Waals surface area contributed by atoms with Crippen LogP contribution < -0.4 is 5.32 Å². The molecule has 100 valence electrons. The van der Waals surface area contributed by atoms with Crippen LogP contribution in [0.15, 0.2) is 0 Å². The smallest absolute Gasteiger partial charge is 0.0271 e. The minimum atomic E-state index is 0.252. The van der Waals surface area contributed by atoms with Gasteiger partial charge in [-0.05, 0) is 60.7 Å². The first-order valence-corrected chi connectivity index (χ1v) is 7.03. The quantitative estimate of drug-likeness (QED) is 0.803. The summed E-state index contributed by atoms with van der Waals surface area (Å²) < 4.78 is 0. The molecule has 0 aliphatic carbocycles. The van der Waals surface area contributed by atoms with Crippen molar-refractivity contribution in [3.05, 3.63) is 0 Å². The molecule has 0 radical (unpaired) electrons. The Hall–Kier alpha value is -0.120. The molecule has 0 aromatic rings. The van der Waals surface area contributed by atoms with E-state index in [4.69, 9.17) is 0 Å². The Kier molecular flexibility index (Phi) is 3.81. The van der Waals surface area contributed by atoms with Crippen LogP contribution in [0, 0.1) is 0 Å². The van der Waals surface area contributed by atoms with Gasteiger partial charge >= 0.3 is 0 Å². The average Bonchev–Trinajstić information content (AvgIpc) is 2.51. The van der Waals surface area contributed by atoms with Gasteiger partial charge in [0.2, 0.25) is 0 Å². The Morgan fingerprint density at radius 1 is 1.18 bits per heavy atom. The average molecular weight is 239 g/mol. The monoisotopic (exact) mass is 239 g/mol. The van der Waals surface area contributed by atoms with Gasteiger partial charge in [0.05, 0.1) is 0 Å². The number of rotatable bonds is 4. The van der Waals surface area contributed by atoms with E-state index in [-0.39, 0.29) is 5.54 Å². The Morgan fingerprint density at radius 3 is 2.18 bits per heavy atom. The van der Waals surface area contributed by atoms with Crippen molar-refractivity contribution in [2.24, 2.45) is 0 Å². The van der Waals surface area contributed by atoms with Gasteiger partial charge in [0.25, 0.3) is 0 Å². The van der Waals surface area contributed by atoms with Crippen molar-refractivity contribution in [1.82, 2.24) is 15.1 Å². The fraction of sp³-hybridized carbons (Fsp3) is 1.00. The standard InChI is InChI=1S/C14H29N3/c1-14(2,16(3)4)10-15-11-8-12-6-7-13(9-11)17(12)5/h11-13,15H,6-10H2,1-5H3. The van der Waals surface area contributed by atoms with Crippen molar-refractivity contribution in [3.8, 4) is 0 Å². The summed E-state index contributed by atoms with van der Waals surface area (Å²) in [4.78, 5) is 4.92. The molecule has 2 rings (SSSR count). The molecule has 2 unspecified atom stereocenters. The third-order valence-corrected chi connectivity index (χ3v) is 5.13. The molecule has 0 amide bonds. The minimum Gasteiger partial charge on any atom is -0.312 e. The summed E-state index contributed by atoms with van der Waals surface area (Å²) in [7, 11) is 6.64. The zero-order valence-corrected chi connectivity index (χ0v) is 12.2. The molecule has 0 spiro atoms. The number of piperidine rings is 1. The van der Waals surface area contributed by atoms with Gasteiger partial charge in [-0.2, -0.15) is 0 Å². The van der Waals surface area contributed by atoms with E-state index in [1.165, 1.54) is 25.7 Å². The molecule has 0 saturated carbocycles. The molecule has 2 atom stereocenters. The summed E-state index contributed by atoms with van der Waals surface area (Å²) in [6, 6.07) is 2.42. The van der Waals surface area contributed by atoms with Crippen LogP contribution in [0.3, 0.4) is 0 Å². The predicted octanol–water partition coefficient (Wildman–Crippen LogP) is 1.54. The maximum absolute atomic E-state index is 3.80. The molecule has 2 fully saturated rings. The van der Waals surface area contributed by atoms with Gasteiger partial charge in [-0.25, -0.2) is 0 Å². The van der Waals surface area contributed by atoms with Crippen molar-refractivity contribution >= 4 is 0 Å². The molecule has 0 aromatic heterocycles. The van der Waals surface area contributed by atoms with E-state index in [1.807, 2.05) is 0 Å². The van der Waals surface area contributed by atoms with Crippen molar-refractivity contribution in [3.63, 3.8) is 0 Å². The number of hydrogen-bond donors (Lipinski definition) is 1. The van der Waals surface area contributed by atoms with Gasteiger partial charge in [0.1, 0.15) is 0 Å².